The van der Waals surface area contributed by atoms with Crippen LogP contribution in [0.1, 0.15) is 36.2 Å². The quantitative estimate of drug-likeness (QED) is 0.849. The molecule has 0 unspecified atom stereocenters. The van der Waals surface area contributed by atoms with Gasteiger partial charge in [-0.2, -0.15) is 4.98 Å². The maximum atomic E-state index is 5.27. The summed E-state index contributed by atoms with van der Waals surface area (Å²) in [6.45, 7) is 1.50. The van der Waals surface area contributed by atoms with E-state index in [1.54, 1.807) is 0 Å². The van der Waals surface area contributed by atoms with Crippen molar-refractivity contribution in [2.24, 2.45) is 0 Å². The Morgan fingerprint density at radius 2 is 2.41 bits per heavy atom. The average molecular weight is 232 g/mol. The van der Waals surface area contributed by atoms with Gasteiger partial charge in [0.05, 0.1) is 0 Å². The molecule has 17 heavy (non-hydrogen) atoms. The molecule has 1 aliphatic carbocycles. The summed E-state index contributed by atoms with van der Waals surface area (Å²) < 4.78 is 7.40. The highest BCUT2D eigenvalue weighted by molar-refractivity contribution is 5.09. The molecule has 5 heteroatoms. The summed E-state index contributed by atoms with van der Waals surface area (Å²) >= 11 is 0. The molecule has 3 rings (SSSR count). The van der Waals surface area contributed by atoms with Crippen LogP contribution in [-0.2, 0) is 13.1 Å². The number of hydrogen-bond acceptors (Lipinski definition) is 4. The maximum absolute atomic E-state index is 5.27. The highest BCUT2D eigenvalue weighted by Gasteiger charge is 2.28. The van der Waals surface area contributed by atoms with Gasteiger partial charge in [0.1, 0.15) is 6.54 Å². The van der Waals surface area contributed by atoms with Gasteiger partial charge in [-0.05, 0) is 32.0 Å². The van der Waals surface area contributed by atoms with E-state index in [0.717, 1.165) is 12.4 Å². The van der Waals surface area contributed by atoms with E-state index >= 15 is 0 Å². The van der Waals surface area contributed by atoms with Crippen LogP contribution in [0.3, 0.4) is 0 Å². The molecule has 0 spiro atoms. The molecule has 2 heterocycles. The first-order chi connectivity index (χ1) is 8.36. The minimum atomic E-state index is 0.550. The molecular formula is C12H16N4O. The number of hydrogen-bond donors (Lipinski definition) is 1. The summed E-state index contributed by atoms with van der Waals surface area (Å²) in [7, 11) is 1.94. The van der Waals surface area contributed by atoms with E-state index in [-0.39, 0.29) is 0 Å². The van der Waals surface area contributed by atoms with Crippen LogP contribution in [0.2, 0.25) is 0 Å². The molecule has 5 nitrogen and oxygen atoms in total. The van der Waals surface area contributed by atoms with Gasteiger partial charge in [-0.25, -0.2) is 0 Å². The van der Waals surface area contributed by atoms with Gasteiger partial charge in [0.25, 0.3) is 0 Å². The molecule has 0 amide bonds. The topological polar surface area (TPSA) is 55.9 Å². The SMILES string of the molecule is CNCc1cccn1Cc1nc(C2CC2)no1. The normalized spacial score (nSPS) is 15.4. The van der Waals surface area contributed by atoms with Crippen molar-refractivity contribution in [2.75, 3.05) is 7.05 Å². The first-order valence-electron chi connectivity index (χ1n) is 5.98. The monoisotopic (exact) mass is 232 g/mol. The molecule has 1 N–H and O–H groups in total. The Balaban J connectivity index is 1.73. The lowest BCUT2D eigenvalue weighted by molar-refractivity contribution is 0.365. The van der Waals surface area contributed by atoms with Crippen molar-refractivity contribution in [3.8, 4) is 0 Å². The van der Waals surface area contributed by atoms with Crippen LogP contribution in [0, 0.1) is 0 Å². The van der Waals surface area contributed by atoms with Crippen LogP contribution in [0.5, 0.6) is 0 Å². The lowest BCUT2D eigenvalue weighted by Gasteiger charge is -2.05. The zero-order chi connectivity index (χ0) is 11.7. The molecule has 0 saturated heterocycles. The van der Waals surface area contributed by atoms with Gasteiger partial charge in [0.2, 0.25) is 5.89 Å². The van der Waals surface area contributed by atoms with Gasteiger partial charge < -0.3 is 14.4 Å². The summed E-state index contributed by atoms with van der Waals surface area (Å²) in [5, 5.41) is 7.16. The zero-order valence-electron chi connectivity index (χ0n) is 9.89. The number of nitrogens with zero attached hydrogens (tertiary/aromatic N) is 3. The minimum absolute atomic E-state index is 0.550. The average Bonchev–Trinajstić information content (AvgIpc) is 2.93. The molecule has 2 aromatic heterocycles. The first kappa shape index (κ1) is 10.5. The van der Waals surface area contributed by atoms with Crippen LogP contribution in [-0.4, -0.2) is 21.8 Å². The second-order valence-electron chi connectivity index (χ2n) is 4.48. The largest absolute Gasteiger partial charge is 0.341 e. The third-order valence-corrected chi connectivity index (χ3v) is 3.01. The highest BCUT2D eigenvalue weighted by atomic mass is 16.5. The predicted molar refractivity (Wildman–Crippen MR) is 62.6 cm³/mol. The molecular weight excluding hydrogens is 216 g/mol. The Bertz CT molecular complexity index is 498. The van der Waals surface area contributed by atoms with Crippen LogP contribution in [0.15, 0.2) is 22.9 Å². The first-order valence-corrected chi connectivity index (χ1v) is 5.98. The Hall–Kier alpha value is -1.62. The Labute approximate surface area is 99.8 Å². The third kappa shape index (κ3) is 2.24. The van der Waals surface area contributed by atoms with Gasteiger partial charge in [-0.1, -0.05) is 5.16 Å². The third-order valence-electron chi connectivity index (χ3n) is 3.01. The molecule has 0 bridgehead atoms. The predicted octanol–water partition coefficient (Wildman–Crippen LogP) is 1.52. The molecule has 0 atom stereocenters. The van der Waals surface area contributed by atoms with Crippen molar-refractivity contribution >= 4 is 0 Å². The molecule has 1 aliphatic rings. The molecule has 1 fully saturated rings. The molecule has 0 aromatic carbocycles. The summed E-state index contributed by atoms with van der Waals surface area (Å²) in [5.41, 5.74) is 1.22. The van der Waals surface area contributed by atoms with Gasteiger partial charge in [-0.3, -0.25) is 0 Å². The second-order valence-corrected chi connectivity index (χ2v) is 4.48. The molecule has 90 valence electrons. The van der Waals surface area contributed by atoms with Crippen molar-refractivity contribution in [3.05, 3.63) is 35.7 Å². The summed E-state index contributed by atoms with van der Waals surface area (Å²) in [6, 6.07) is 4.12. The summed E-state index contributed by atoms with van der Waals surface area (Å²) in [6.07, 6.45) is 4.44. The van der Waals surface area contributed by atoms with Gasteiger partial charge in [-0.15, -0.1) is 0 Å². The zero-order valence-corrected chi connectivity index (χ0v) is 9.89. The van der Waals surface area contributed by atoms with E-state index in [1.165, 1.54) is 18.5 Å². The highest BCUT2D eigenvalue weighted by Crippen LogP contribution is 2.38. The molecule has 0 radical (unpaired) electrons. The van der Waals surface area contributed by atoms with Crippen molar-refractivity contribution in [2.45, 2.75) is 31.8 Å². The van der Waals surface area contributed by atoms with E-state index in [4.69, 9.17) is 4.52 Å². The van der Waals surface area contributed by atoms with E-state index in [9.17, 15) is 0 Å². The lowest BCUT2D eigenvalue weighted by Crippen LogP contribution is -2.11. The van der Waals surface area contributed by atoms with E-state index in [0.29, 0.717) is 18.4 Å². The van der Waals surface area contributed by atoms with Crippen molar-refractivity contribution < 1.29 is 4.52 Å². The minimum Gasteiger partial charge on any atom is -0.341 e. The Morgan fingerprint density at radius 3 is 3.18 bits per heavy atom. The van der Waals surface area contributed by atoms with Gasteiger partial charge >= 0.3 is 0 Å². The fourth-order valence-corrected chi connectivity index (χ4v) is 1.93. The van der Waals surface area contributed by atoms with Gasteiger partial charge in [0.15, 0.2) is 5.82 Å². The van der Waals surface area contributed by atoms with Crippen molar-refractivity contribution in [3.63, 3.8) is 0 Å². The smallest absolute Gasteiger partial charge is 0.246 e. The van der Waals surface area contributed by atoms with Gasteiger partial charge in [0, 0.05) is 24.4 Å². The van der Waals surface area contributed by atoms with Crippen LogP contribution in [0.25, 0.3) is 0 Å². The van der Waals surface area contributed by atoms with Crippen LogP contribution >= 0.6 is 0 Å². The standard InChI is InChI=1S/C12H16N4O/c1-13-7-10-3-2-6-16(10)8-11-14-12(15-17-11)9-4-5-9/h2-3,6,9,13H,4-5,7-8H2,1H3. The van der Waals surface area contributed by atoms with Crippen LogP contribution in [0.4, 0.5) is 0 Å². The molecule has 1 saturated carbocycles. The summed E-state index contributed by atoms with van der Waals surface area (Å²) in [5.74, 6) is 2.12. The fourth-order valence-electron chi connectivity index (χ4n) is 1.93. The van der Waals surface area contributed by atoms with E-state index in [2.05, 4.69) is 26.1 Å². The summed E-state index contributed by atoms with van der Waals surface area (Å²) in [4.78, 5) is 4.43. The van der Waals surface area contributed by atoms with Crippen LogP contribution < -0.4 is 5.32 Å². The molecule has 0 aliphatic heterocycles. The van der Waals surface area contributed by atoms with E-state index < -0.39 is 0 Å². The van der Waals surface area contributed by atoms with E-state index in [1.807, 2.05) is 19.3 Å². The fraction of sp³-hybridized carbons (Fsp3) is 0.500. The van der Waals surface area contributed by atoms with Crippen molar-refractivity contribution in [1.29, 1.82) is 0 Å². The Morgan fingerprint density at radius 1 is 1.53 bits per heavy atom. The lowest BCUT2D eigenvalue weighted by atomic mass is 10.4. The van der Waals surface area contributed by atoms with Crippen molar-refractivity contribution in [1.82, 2.24) is 20.0 Å². The molecule has 2 aromatic rings. The second kappa shape index (κ2) is 4.33. The maximum Gasteiger partial charge on any atom is 0.246 e. The number of nitrogens with one attached hydrogen (secondary N) is 1. The number of rotatable bonds is 5. The number of aromatic nitrogens is 3. The Kier molecular flexibility index (Phi) is 2.68.